The smallest absolute Gasteiger partial charge is 0.159 e. The molecule has 0 atom stereocenters. The van der Waals surface area contributed by atoms with E-state index >= 15 is 0 Å². The summed E-state index contributed by atoms with van der Waals surface area (Å²) >= 11 is 0. The Labute approximate surface area is 149 Å². The Balaban J connectivity index is 2.20. The van der Waals surface area contributed by atoms with E-state index in [0.29, 0.717) is 22.6 Å². The summed E-state index contributed by atoms with van der Waals surface area (Å²) in [5.41, 5.74) is 2.54. The average molecular weight is 330 g/mol. The lowest BCUT2D eigenvalue weighted by Gasteiger charge is -2.25. The third kappa shape index (κ3) is 3.63. The number of Topliss-reactive ketones (excluding diaryl/α,β-unsaturated/α-hetero) is 2. The van der Waals surface area contributed by atoms with Gasteiger partial charge in [0.1, 0.15) is 11.5 Å². The van der Waals surface area contributed by atoms with E-state index in [-0.39, 0.29) is 24.8 Å². The average Bonchev–Trinajstić information content (AvgIpc) is 2.62. The molecule has 0 bridgehead atoms. The summed E-state index contributed by atoms with van der Waals surface area (Å²) in [7, 11) is 12.0. The molecule has 0 saturated heterocycles. The molecule has 0 amide bonds. The molecule has 0 aliphatic carbocycles. The first kappa shape index (κ1) is 17.3. The highest BCUT2D eigenvalue weighted by atomic mass is 16.5. The molecule has 4 radical (unpaired) electrons. The van der Waals surface area contributed by atoms with E-state index in [2.05, 4.69) is 0 Å². The fourth-order valence-electron chi connectivity index (χ4n) is 2.63. The van der Waals surface area contributed by atoms with Gasteiger partial charge in [0, 0.05) is 22.3 Å². The number of benzene rings is 2. The first-order chi connectivity index (χ1) is 11.8. The van der Waals surface area contributed by atoms with Crippen LogP contribution in [0.25, 0.3) is 11.1 Å². The summed E-state index contributed by atoms with van der Waals surface area (Å²) in [5.74, 6) is 0.855. The van der Waals surface area contributed by atoms with Crippen LogP contribution in [0, 0.1) is 0 Å². The van der Waals surface area contributed by atoms with Gasteiger partial charge in [0.2, 0.25) is 0 Å². The summed E-state index contributed by atoms with van der Waals surface area (Å²) in [4.78, 5) is 23.4. The molecule has 122 valence electrons. The van der Waals surface area contributed by atoms with Gasteiger partial charge in [0.25, 0.3) is 0 Å². The van der Waals surface area contributed by atoms with Gasteiger partial charge in [-0.1, -0.05) is 12.1 Å². The van der Waals surface area contributed by atoms with Crippen LogP contribution in [-0.4, -0.2) is 40.5 Å². The van der Waals surface area contributed by atoms with Gasteiger partial charge in [-0.25, -0.2) is 0 Å². The van der Waals surface area contributed by atoms with E-state index in [4.69, 9.17) is 25.2 Å². The second-order valence-electron chi connectivity index (χ2n) is 6.34. The number of rotatable bonds is 2. The van der Waals surface area contributed by atoms with Gasteiger partial charge in [-0.15, -0.1) is 0 Å². The van der Waals surface area contributed by atoms with Gasteiger partial charge < -0.3 is 9.47 Å². The molecule has 0 fully saturated rings. The van der Waals surface area contributed by atoms with E-state index < -0.39 is 5.21 Å². The van der Waals surface area contributed by atoms with Crippen LogP contribution < -0.4 is 9.47 Å². The van der Waals surface area contributed by atoms with Crippen LogP contribution in [-0.2, 0) is 0 Å². The molecular formula is C19H16B2O4. The Morgan fingerprint density at radius 2 is 1.24 bits per heavy atom. The highest BCUT2D eigenvalue weighted by Crippen LogP contribution is 2.40. The maximum Gasteiger partial charge on any atom is 0.159 e. The van der Waals surface area contributed by atoms with Gasteiger partial charge in [-0.3, -0.25) is 9.59 Å². The summed E-state index contributed by atoms with van der Waals surface area (Å²) in [6, 6.07) is 10.4. The van der Waals surface area contributed by atoms with Crippen molar-refractivity contribution in [1.82, 2.24) is 0 Å². The lowest BCUT2D eigenvalue weighted by molar-refractivity contribution is 0.100. The summed E-state index contributed by atoms with van der Waals surface area (Å²) in [6.07, 6.45) is 0. The molecule has 3 rings (SSSR count). The van der Waals surface area contributed by atoms with Crippen molar-refractivity contribution in [2.75, 3.05) is 13.2 Å². The predicted octanol–water partition coefficient (Wildman–Crippen LogP) is 2.98. The second-order valence-corrected chi connectivity index (χ2v) is 6.34. The van der Waals surface area contributed by atoms with E-state index in [9.17, 15) is 9.59 Å². The van der Waals surface area contributed by atoms with Crippen molar-refractivity contribution < 1.29 is 19.1 Å². The van der Waals surface area contributed by atoms with Gasteiger partial charge >= 0.3 is 0 Å². The zero-order valence-electron chi connectivity index (χ0n) is 14.2. The van der Waals surface area contributed by atoms with Gasteiger partial charge in [-0.2, -0.15) is 0 Å². The highest BCUT2D eigenvalue weighted by Gasteiger charge is 2.24. The highest BCUT2D eigenvalue weighted by molar-refractivity contribution is 6.40. The lowest BCUT2D eigenvalue weighted by Crippen LogP contribution is -2.28. The predicted molar refractivity (Wildman–Crippen MR) is 97.1 cm³/mol. The maximum atomic E-state index is 11.7. The number of hydrogen-bond acceptors (Lipinski definition) is 4. The topological polar surface area (TPSA) is 52.6 Å². The monoisotopic (exact) mass is 330 g/mol. The van der Waals surface area contributed by atoms with Crippen LogP contribution in [0.15, 0.2) is 36.4 Å². The number of hydrogen-bond donors (Lipinski definition) is 0. The fraction of sp³-hybridized carbons (Fsp3) is 0.263. The number of carbonyl (C=O) groups excluding carboxylic acids is 2. The van der Waals surface area contributed by atoms with Crippen molar-refractivity contribution in [2.24, 2.45) is 0 Å². The van der Waals surface area contributed by atoms with E-state index in [1.54, 1.807) is 36.4 Å². The molecule has 25 heavy (non-hydrogen) atoms. The largest absolute Gasteiger partial charge is 0.494 e. The number of carbonyl (C=O) groups is 2. The minimum atomic E-state index is -1.21. The van der Waals surface area contributed by atoms with E-state index in [0.717, 1.165) is 11.1 Å². The third-order valence-electron chi connectivity index (χ3n) is 4.06. The summed E-state index contributed by atoms with van der Waals surface area (Å²) in [5, 5.41) is -1.21. The first-order valence-corrected chi connectivity index (χ1v) is 7.90. The molecule has 2 aromatic carbocycles. The summed E-state index contributed by atoms with van der Waals surface area (Å²) < 4.78 is 11.6. The standard InChI is InChI=1S/C19H16B2O4/c1-11(22)13-3-5-15-16-6-4-14(12(2)23)8-18(16)25-10-19(20,21)9-24-17(15)7-13/h3-8H,9-10H2,1-2H3. The minimum absolute atomic E-state index is 0.0227. The Kier molecular flexibility index (Phi) is 4.46. The SMILES string of the molecule is [B]C1([B])COc2cc(C(C)=O)ccc2-c2ccc(C(C)=O)cc2OC1. The minimum Gasteiger partial charge on any atom is -0.494 e. The molecule has 0 unspecified atom stereocenters. The Bertz CT molecular complexity index is 789. The molecule has 4 nitrogen and oxygen atoms in total. The number of fused-ring (bicyclic) bond motifs is 3. The molecule has 0 aromatic heterocycles. The quantitative estimate of drug-likeness (QED) is 0.628. The number of ketones is 2. The third-order valence-corrected chi connectivity index (χ3v) is 4.06. The Morgan fingerprint density at radius 1 is 0.840 bits per heavy atom. The van der Waals surface area contributed by atoms with Crippen LogP contribution in [0.1, 0.15) is 34.6 Å². The van der Waals surface area contributed by atoms with E-state index in [1.165, 1.54) is 13.8 Å². The normalized spacial score (nSPS) is 15.3. The van der Waals surface area contributed by atoms with Crippen molar-refractivity contribution in [1.29, 1.82) is 0 Å². The van der Waals surface area contributed by atoms with E-state index in [1.807, 2.05) is 0 Å². The zero-order valence-corrected chi connectivity index (χ0v) is 14.2. The number of ether oxygens (including phenoxy) is 2. The molecule has 0 N–H and O–H groups in total. The van der Waals surface area contributed by atoms with Crippen molar-refractivity contribution in [3.8, 4) is 22.6 Å². The van der Waals surface area contributed by atoms with Crippen LogP contribution >= 0.6 is 0 Å². The van der Waals surface area contributed by atoms with Gasteiger partial charge in [0.05, 0.1) is 28.9 Å². The molecule has 2 aromatic rings. The molecule has 1 aliphatic rings. The first-order valence-electron chi connectivity index (χ1n) is 7.90. The Hall–Kier alpha value is -2.49. The van der Waals surface area contributed by atoms with Crippen molar-refractivity contribution in [2.45, 2.75) is 19.1 Å². The van der Waals surface area contributed by atoms with Crippen molar-refractivity contribution in [3.05, 3.63) is 47.5 Å². The van der Waals surface area contributed by atoms with Crippen LogP contribution in [0.3, 0.4) is 0 Å². The van der Waals surface area contributed by atoms with Crippen LogP contribution in [0.5, 0.6) is 11.5 Å². The second kappa shape index (κ2) is 6.43. The summed E-state index contributed by atoms with van der Waals surface area (Å²) in [6.45, 7) is 3.02. The molecule has 1 aliphatic heterocycles. The molecule has 0 saturated carbocycles. The fourth-order valence-corrected chi connectivity index (χ4v) is 2.63. The van der Waals surface area contributed by atoms with Crippen molar-refractivity contribution in [3.63, 3.8) is 0 Å². The lowest BCUT2D eigenvalue weighted by atomic mass is 9.55. The molecule has 0 spiro atoms. The van der Waals surface area contributed by atoms with Gasteiger partial charge in [0.15, 0.2) is 11.6 Å². The molecule has 6 heteroatoms. The van der Waals surface area contributed by atoms with Crippen LogP contribution in [0.2, 0.25) is 5.21 Å². The molecular weight excluding hydrogens is 314 g/mol. The van der Waals surface area contributed by atoms with Crippen LogP contribution in [0.4, 0.5) is 0 Å². The zero-order chi connectivity index (χ0) is 18.2. The van der Waals surface area contributed by atoms with Gasteiger partial charge in [-0.05, 0) is 43.3 Å². The Morgan fingerprint density at radius 3 is 1.60 bits per heavy atom. The van der Waals surface area contributed by atoms with Crippen molar-refractivity contribution >= 4 is 27.3 Å². The maximum absolute atomic E-state index is 11.7. The molecule has 1 heterocycles.